The molecule has 0 radical (unpaired) electrons. The van der Waals surface area contributed by atoms with E-state index in [0.29, 0.717) is 13.0 Å². The normalized spacial score (nSPS) is 9.41. The van der Waals surface area contributed by atoms with Crippen molar-refractivity contribution in [3.05, 3.63) is 40.3 Å². The standard InChI is InChI=1S/C11H14N4O2/c12-15-14-8-6-11(17)13-7-5-9-1-3-10(16)4-2-9/h1-4,16H,5-8H2,(H,13,17). The summed E-state index contributed by atoms with van der Waals surface area (Å²) in [5.74, 6) is 0.100. The van der Waals surface area contributed by atoms with Gasteiger partial charge < -0.3 is 10.4 Å². The smallest absolute Gasteiger partial charge is 0.220 e. The summed E-state index contributed by atoms with van der Waals surface area (Å²) in [5.41, 5.74) is 9.07. The first kappa shape index (κ1) is 12.9. The zero-order valence-electron chi connectivity index (χ0n) is 9.33. The lowest BCUT2D eigenvalue weighted by Gasteiger charge is -2.04. The lowest BCUT2D eigenvalue weighted by Crippen LogP contribution is -2.25. The summed E-state index contributed by atoms with van der Waals surface area (Å²) in [6.45, 7) is 0.710. The third-order valence-electron chi connectivity index (χ3n) is 2.17. The second-order valence-corrected chi connectivity index (χ2v) is 3.47. The third-order valence-corrected chi connectivity index (χ3v) is 2.17. The number of phenolic OH excluding ortho intramolecular Hbond substituents is 1. The van der Waals surface area contributed by atoms with Crippen LogP contribution < -0.4 is 5.32 Å². The van der Waals surface area contributed by atoms with E-state index in [2.05, 4.69) is 15.3 Å². The van der Waals surface area contributed by atoms with Gasteiger partial charge in [0.2, 0.25) is 5.91 Å². The lowest BCUT2D eigenvalue weighted by atomic mass is 10.1. The molecule has 0 aromatic heterocycles. The van der Waals surface area contributed by atoms with Crippen LogP contribution in [0.4, 0.5) is 0 Å². The molecule has 0 heterocycles. The van der Waals surface area contributed by atoms with Crippen LogP contribution >= 0.6 is 0 Å². The number of hydrogen-bond donors (Lipinski definition) is 2. The summed E-state index contributed by atoms with van der Waals surface area (Å²) >= 11 is 0. The summed E-state index contributed by atoms with van der Waals surface area (Å²) in [4.78, 5) is 13.8. The van der Waals surface area contributed by atoms with Crippen molar-refractivity contribution in [1.82, 2.24) is 5.32 Å². The Hall–Kier alpha value is -2.20. The summed E-state index contributed by atoms with van der Waals surface area (Å²) in [6.07, 6.45) is 0.910. The number of carbonyl (C=O) groups is 1. The van der Waals surface area contributed by atoms with Gasteiger partial charge in [0.25, 0.3) is 0 Å². The van der Waals surface area contributed by atoms with Crippen molar-refractivity contribution in [2.45, 2.75) is 12.8 Å². The molecule has 1 amide bonds. The zero-order valence-corrected chi connectivity index (χ0v) is 9.33. The molecule has 1 aromatic rings. The molecule has 0 aliphatic rings. The number of azide groups is 1. The number of hydrogen-bond acceptors (Lipinski definition) is 3. The molecule has 1 aromatic carbocycles. The first-order valence-corrected chi connectivity index (χ1v) is 5.28. The second-order valence-electron chi connectivity index (χ2n) is 3.47. The molecule has 0 atom stereocenters. The third kappa shape index (κ3) is 5.44. The zero-order chi connectivity index (χ0) is 12.5. The SMILES string of the molecule is [N-]=[N+]=NCCC(=O)NCCc1ccc(O)cc1. The van der Waals surface area contributed by atoms with E-state index in [1.54, 1.807) is 12.1 Å². The summed E-state index contributed by atoms with van der Waals surface area (Å²) in [7, 11) is 0. The highest BCUT2D eigenvalue weighted by Crippen LogP contribution is 2.09. The molecule has 6 nitrogen and oxygen atoms in total. The minimum absolute atomic E-state index is 0.129. The molecular weight excluding hydrogens is 220 g/mol. The summed E-state index contributed by atoms with van der Waals surface area (Å²) < 4.78 is 0. The van der Waals surface area contributed by atoms with Crippen LogP contribution in [-0.4, -0.2) is 24.1 Å². The summed E-state index contributed by atoms with van der Waals surface area (Å²) in [5, 5.41) is 15.1. The highest BCUT2D eigenvalue weighted by atomic mass is 16.3. The molecule has 0 unspecified atom stereocenters. The molecule has 2 N–H and O–H groups in total. The predicted molar refractivity (Wildman–Crippen MR) is 63.5 cm³/mol. The Bertz CT molecular complexity index is 410. The van der Waals surface area contributed by atoms with Gasteiger partial charge in [-0.25, -0.2) is 0 Å². The van der Waals surface area contributed by atoms with Crippen molar-refractivity contribution in [1.29, 1.82) is 0 Å². The minimum atomic E-state index is -0.129. The van der Waals surface area contributed by atoms with E-state index >= 15 is 0 Å². The van der Waals surface area contributed by atoms with Gasteiger partial charge in [-0.05, 0) is 29.6 Å². The van der Waals surface area contributed by atoms with Gasteiger partial charge in [-0.15, -0.1) is 0 Å². The van der Waals surface area contributed by atoms with Gasteiger partial charge in [0.15, 0.2) is 0 Å². The van der Waals surface area contributed by atoms with Crippen LogP contribution in [0.2, 0.25) is 0 Å². The first-order chi connectivity index (χ1) is 8.22. The second kappa shape index (κ2) is 7.14. The highest BCUT2D eigenvalue weighted by molar-refractivity contribution is 5.76. The maximum atomic E-state index is 11.2. The van der Waals surface area contributed by atoms with Crippen LogP contribution in [0.5, 0.6) is 5.75 Å². The Balaban J connectivity index is 2.21. The fourth-order valence-electron chi connectivity index (χ4n) is 1.29. The van der Waals surface area contributed by atoms with Crippen LogP contribution in [0.1, 0.15) is 12.0 Å². The number of benzene rings is 1. The van der Waals surface area contributed by atoms with Gasteiger partial charge in [-0.2, -0.15) is 0 Å². The summed E-state index contributed by atoms with van der Waals surface area (Å²) in [6, 6.07) is 6.83. The van der Waals surface area contributed by atoms with E-state index in [4.69, 9.17) is 10.6 Å². The van der Waals surface area contributed by atoms with Gasteiger partial charge in [0.05, 0.1) is 0 Å². The van der Waals surface area contributed by atoms with E-state index < -0.39 is 0 Å². The Morgan fingerprint density at radius 2 is 2.12 bits per heavy atom. The maximum absolute atomic E-state index is 11.2. The van der Waals surface area contributed by atoms with Crippen LogP contribution in [0.25, 0.3) is 10.4 Å². The number of amides is 1. The molecule has 0 saturated heterocycles. The highest BCUT2D eigenvalue weighted by Gasteiger charge is 1.99. The van der Waals surface area contributed by atoms with Gasteiger partial charge in [0.1, 0.15) is 5.75 Å². The molecule has 0 aliphatic heterocycles. The molecule has 0 bridgehead atoms. The van der Waals surface area contributed by atoms with Crippen LogP contribution in [0.15, 0.2) is 29.4 Å². The Morgan fingerprint density at radius 3 is 2.76 bits per heavy atom. The number of carbonyl (C=O) groups excluding carboxylic acids is 1. The lowest BCUT2D eigenvalue weighted by molar-refractivity contribution is -0.120. The number of nitrogens with zero attached hydrogens (tertiary/aromatic N) is 3. The van der Waals surface area contributed by atoms with Gasteiger partial charge >= 0.3 is 0 Å². The number of rotatable bonds is 6. The van der Waals surface area contributed by atoms with Crippen LogP contribution in [-0.2, 0) is 11.2 Å². The molecular formula is C11H14N4O2. The number of phenols is 1. The van der Waals surface area contributed by atoms with Crippen molar-refractivity contribution in [2.75, 3.05) is 13.1 Å². The molecule has 0 spiro atoms. The molecule has 0 fully saturated rings. The van der Waals surface area contributed by atoms with Gasteiger partial charge in [-0.3, -0.25) is 4.79 Å². The molecule has 0 aliphatic carbocycles. The van der Waals surface area contributed by atoms with Crippen molar-refractivity contribution in [3.63, 3.8) is 0 Å². The Morgan fingerprint density at radius 1 is 1.41 bits per heavy atom. The number of aromatic hydroxyl groups is 1. The van der Waals surface area contributed by atoms with Crippen LogP contribution in [0.3, 0.4) is 0 Å². The molecule has 1 rings (SSSR count). The van der Waals surface area contributed by atoms with E-state index in [-0.39, 0.29) is 24.6 Å². The molecule has 90 valence electrons. The van der Waals surface area contributed by atoms with Crippen molar-refractivity contribution >= 4 is 5.91 Å². The van der Waals surface area contributed by atoms with E-state index in [9.17, 15) is 4.79 Å². The largest absolute Gasteiger partial charge is 0.508 e. The monoisotopic (exact) mass is 234 g/mol. The fraction of sp³-hybridized carbons (Fsp3) is 0.364. The molecule has 6 heteroatoms. The molecule has 0 saturated carbocycles. The fourth-order valence-corrected chi connectivity index (χ4v) is 1.29. The minimum Gasteiger partial charge on any atom is -0.508 e. The quantitative estimate of drug-likeness (QED) is 0.445. The van der Waals surface area contributed by atoms with Crippen molar-refractivity contribution in [3.8, 4) is 5.75 Å². The van der Waals surface area contributed by atoms with Crippen molar-refractivity contribution < 1.29 is 9.90 Å². The number of nitrogens with one attached hydrogen (secondary N) is 1. The van der Waals surface area contributed by atoms with E-state index in [1.165, 1.54) is 0 Å². The van der Waals surface area contributed by atoms with Crippen molar-refractivity contribution in [2.24, 2.45) is 5.11 Å². The average Bonchev–Trinajstić information content (AvgIpc) is 2.32. The van der Waals surface area contributed by atoms with Gasteiger partial charge in [-0.1, -0.05) is 17.2 Å². The predicted octanol–water partition coefficient (Wildman–Crippen LogP) is 1.75. The Kier molecular flexibility index (Phi) is 5.40. The Labute approximate surface area is 98.9 Å². The van der Waals surface area contributed by atoms with Crippen LogP contribution in [0, 0.1) is 0 Å². The van der Waals surface area contributed by atoms with E-state index in [0.717, 1.165) is 5.56 Å². The maximum Gasteiger partial charge on any atom is 0.220 e. The average molecular weight is 234 g/mol. The topological polar surface area (TPSA) is 98.1 Å². The molecule has 17 heavy (non-hydrogen) atoms. The first-order valence-electron chi connectivity index (χ1n) is 5.28. The van der Waals surface area contributed by atoms with E-state index in [1.807, 2.05) is 12.1 Å². The van der Waals surface area contributed by atoms with Gasteiger partial charge in [0, 0.05) is 24.4 Å².